The molecule has 1 N–H and O–H groups in total. The van der Waals surface area contributed by atoms with Crippen molar-refractivity contribution in [3.05, 3.63) is 0 Å². The van der Waals surface area contributed by atoms with Crippen LogP contribution in [0.5, 0.6) is 0 Å². The van der Waals surface area contributed by atoms with Crippen molar-refractivity contribution in [3.8, 4) is 0 Å². The van der Waals surface area contributed by atoms with E-state index in [1.54, 1.807) is 0 Å². The van der Waals surface area contributed by atoms with Crippen molar-refractivity contribution < 1.29 is 0 Å². The highest BCUT2D eigenvalue weighted by Crippen LogP contribution is 2.35. The first-order chi connectivity index (χ1) is 8.35. The first kappa shape index (κ1) is 13.4. The molecule has 0 aromatic heterocycles. The molecule has 2 aliphatic rings. The standard InChI is InChI=1S/C15H30N2/c1-2-7-15(8-10-16-11-9-15)14-17-12-5-3-4-6-13-17/h16H,2-14H2,1H3. The predicted octanol–water partition coefficient (Wildman–Crippen LogP) is 3.03. The Morgan fingerprint density at radius 1 is 1.00 bits per heavy atom. The Kier molecular flexibility index (Phi) is 5.30. The molecule has 2 fully saturated rings. The number of nitrogens with zero attached hydrogens (tertiary/aromatic N) is 1. The van der Waals surface area contributed by atoms with Gasteiger partial charge in [-0.2, -0.15) is 0 Å². The molecule has 0 radical (unpaired) electrons. The van der Waals surface area contributed by atoms with Crippen LogP contribution in [0.3, 0.4) is 0 Å². The van der Waals surface area contributed by atoms with Gasteiger partial charge in [-0.1, -0.05) is 26.2 Å². The highest BCUT2D eigenvalue weighted by molar-refractivity contribution is 4.87. The molecule has 0 amide bonds. The third-order valence-corrected chi connectivity index (χ3v) is 4.70. The van der Waals surface area contributed by atoms with E-state index >= 15 is 0 Å². The van der Waals surface area contributed by atoms with Gasteiger partial charge in [-0.25, -0.2) is 0 Å². The summed E-state index contributed by atoms with van der Waals surface area (Å²) in [6.45, 7) is 8.94. The van der Waals surface area contributed by atoms with Gasteiger partial charge >= 0.3 is 0 Å². The van der Waals surface area contributed by atoms with E-state index in [0.29, 0.717) is 5.41 Å². The van der Waals surface area contributed by atoms with E-state index < -0.39 is 0 Å². The number of nitrogens with one attached hydrogen (secondary N) is 1. The Morgan fingerprint density at radius 3 is 2.24 bits per heavy atom. The van der Waals surface area contributed by atoms with Crippen LogP contribution in [-0.4, -0.2) is 37.6 Å². The molecule has 0 aromatic rings. The minimum absolute atomic E-state index is 0.643. The van der Waals surface area contributed by atoms with Crippen molar-refractivity contribution in [2.75, 3.05) is 32.7 Å². The lowest BCUT2D eigenvalue weighted by Crippen LogP contribution is -2.45. The van der Waals surface area contributed by atoms with Crippen molar-refractivity contribution in [1.82, 2.24) is 10.2 Å². The van der Waals surface area contributed by atoms with E-state index in [9.17, 15) is 0 Å². The number of hydrogen-bond donors (Lipinski definition) is 1. The van der Waals surface area contributed by atoms with Gasteiger partial charge in [0.25, 0.3) is 0 Å². The molecule has 2 heterocycles. The van der Waals surface area contributed by atoms with Crippen molar-refractivity contribution in [2.24, 2.45) is 5.41 Å². The highest BCUT2D eigenvalue weighted by atomic mass is 15.1. The van der Waals surface area contributed by atoms with Gasteiger partial charge in [-0.3, -0.25) is 0 Å². The summed E-state index contributed by atoms with van der Waals surface area (Å²) >= 11 is 0. The lowest BCUT2D eigenvalue weighted by molar-refractivity contribution is 0.103. The fourth-order valence-corrected chi connectivity index (χ4v) is 3.74. The first-order valence-electron chi connectivity index (χ1n) is 7.78. The summed E-state index contributed by atoms with van der Waals surface area (Å²) in [5.74, 6) is 0. The topological polar surface area (TPSA) is 15.3 Å². The molecule has 2 rings (SSSR count). The molecule has 2 aliphatic heterocycles. The van der Waals surface area contributed by atoms with Gasteiger partial charge in [0.05, 0.1) is 0 Å². The second-order valence-electron chi connectivity index (χ2n) is 6.19. The molecule has 2 saturated heterocycles. The second kappa shape index (κ2) is 6.75. The maximum atomic E-state index is 3.53. The van der Waals surface area contributed by atoms with Crippen molar-refractivity contribution in [2.45, 2.75) is 58.3 Å². The van der Waals surface area contributed by atoms with E-state index in [1.165, 1.54) is 84.1 Å². The van der Waals surface area contributed by atoms with E-state index in [4.69, 9.17) is 0 Å². The van der Waals surface area contributed by atoms with Crippen molar-refractivity contribution in [1.29, 1.82) is 0 Å². The van der Waals surface area contributed by atoms with E-state index in [1.807, 2.05) is 0 Å². The minimum atomic E-state index is 0.643. The van der Waals surface area contributed by atoms with E-state index in [2.05, 4.69) is 17.1 Å². The molecule has 2 nitrogen and oxygen atoms in total. The van der Waals surface area contributed by atoms with Crippen LogP contribution in [0.1, 0.15) is 58.3 Å². The second-order valence-corrected chi connectivity index (χ2v) is 6.19. The Balaban J connectivity index is 1.90. The van der Waals surface area contributed by atoms with Gasteiger partial charge in [0, 0.05) is 6.54 Å². The van der Waals surface area contributed by atoms with Gasteiger partial charge in [-0.05, 0) is 63.7 Å². The van der Waals surface area contributed by atoms with Crippen LogP contribution in [0.15, 0.2) is 0 Å². The number of hydrogen-bond acceptors (Lipinski definition) is 2. The lowest BCUT2D eigenvalue weighted by atomic mass is 9.75. The maximum absolute atomic E-state index is 3.53. The van der Waals surface area contributed by atoms with Crippen LogP contribution in [-0.2, 0) is 0 Å². The normalized spacial score (nSPS) is 26.6. The smallest absolute Gasteiger partial charge is 0.00389 e. The Hall–Kier alpha value is -0.0800. The van der Waals surface area contributed by atoms with Gasteiger partial charge in [0.2, 0.25) is 0 Å². The monoisotopic (exact) mass is 238 g/mol. The molecule has 0 unspecified atom stereocenters. The van der Waals surface area contributed by atoms with E-state index in [-0.39, 0.29) is 0 Å². The minimum Gasteiger partial charge on any atom is -0.317 e. The average molecular weight is 238 g/mol. The summed E-state index contributed by atoms with van der Waals surface area (Å²) in [7, 11) is 0. The van der Waals surface area contributed by atoms with Crippen molar-refractivity contribution in [3.63, 3.8) is 0 Å². The fraction of sp³-hybridized carbons (Fsp3) is 1.00. The van der Waals surface area contributed by atoms with Crippen LogP contribution < -0.4 is 5.32 Å². The lowest BCUT2D eigenvalue weighted by Gasteiger charge is -2.41. The number of piperidine rings is 1. The molecule has 0 aliphatic carbocycles. The number of rotatable bonds is 4. The Morgan fingerprint density at radius 2 is 1.65 bits per heavy atom. The largest absolute Gasteiger partial charge is 0.317 e. The maximum Gasteiger partial charge on any atom is 0.00389 e. The van der Waals surface area contributed by atoms with E-state index in [0.717, 1.165) is 0 Å². The molecule has 0 atom stereocenters. The number of likely N-dealkylation sites (tertiary alicyclic amines) is 1. The molecular weight excluding hydrogens is 208 g/mol. The summed E-state index contributed by atoms with van der Waals surface area (Å²) in [6.07, 6.45) is 11.4. The molecule has 17 heavy (non-hydrogen) atoms. The molecule has 0 spiro atoms. The van der Waals surface area contributed by atoms with Crippen LogP contribution in [0.25, 0.3) is 0 Å². The van der Waals surface area contributed by atoms with Gasteiger partial charge in [0.15, 0.2) is 0 Å². The van der Waals surface area contributed by atoms with Crippen LogP contribution in [0.2, 0.25) is 0 Å². The summed E-state index contributed by atoms with van der Waals surface area (Å²) < 4.78 is 0. The highest BCUT2D eigenvalue weighted by Gasteiger charge is 2.32. The molecule has 2 heteroatoms. The third kappa shape index (κ3) is 3.96. The van der Waals surface area contributed by atoms with Crippen molar-refractivity contribution >= 4 is 0 Å². The molecule has 100 valence electrons. The average Bonchev–Trinajstić information content (AvgIpc) is 2.59. The zero-order valence-corrected chi connectivity index (χ0v) is 11.6. The van der Waals surface area contributed by atoms with Crippen LogP contribution >= 0.6 is 0 Å². The summed E-state index contributed by atoms with van der Waals surface area (Å²) in [4.78, 5) is 2.77. The SMILES string of the molecule is CCCC1(CN2CCCCCC2)CCNCC1. The van der Waals surface area contributed by atoms with Crippen LogP contribution in [0.4, 0.5) is 0 Å². The molecule has 0 saturated carbocycles. The summed E-state index contributed by atoms with van der Waals surface area (Å²) in [6, 6.07) is 0. The predicted molar refractivity (Wildman–Crippen MR) is 74.4 cm³/mol. The molecule has 0 aromatic carbocycles. The summed E-state index contributed by atoms with van der Waals surface area (Å²) in [5.41, 5.74) is 0.643. The van der Waals surface area contributed by atoms with Gasteiger partial charge in [0.1, 0.15) is 0 Å². The Labute approximate surface area is 107 Å². The van der Waals surface area contributed by atoms with Gasteiger partial charge in [-0.15, -0.1) is 0 Å². The van der Waals surface area contributed by atoms with Gasteiger partial charge < -0.3 is 10.2 Å². The van der Waals surface area contributed by atoms with Crippen LogP contribution in [0, 0.1) is 5.41 Å². The Bertz CT molecular complexity index is 195. The summed E-state index contributed by atoms with van der Waals surface area (Å²) in [5, 5.41) is 3.53. The zero-order chi connectivity index (χ0) is 12.0. The third-order valence-electron chi connectivity index (χ3n) is 4.70. The first-order valence-corrected chi connectivity index (χ1v) is 7.78. The zero-order valence-electron chi connectivity index (χ0n) is 11.6. The molecular formula is C15H30N2. The quantitative estimate of drug-likeness (QED) is 0.810. The fourth-order valence-electron chi connectivity index (χ4n) is 3.74. The molecule has 0 bridgehead atoms.